The summed E-state index contributed by atoms with van der Waals surface area (Å²) < 4.78 is 6.27. The van der Waals surface area contributed by atoms with Crippen molar-refractivity contribution in [2.24, 2.45) is 0 Å². The fraction of sp³-hybridized carbons (Fsp3) is 0.333. The Labute approximate surface area is 192 Å². The zero-order valence-corrected chi connectivity index (χ0v) is 18.7. The lowest BCUT2D eigenvalue weighted by molar-refractivity contribution is -0.184. The van der Waals surface area contributed by atoms with Gasteiger partial charge in [0.25, 0.3) is 5.91 Å². The number of carbonyl (C=O) groups excluding carboxylic acids is 1. The Kier molecular flexibility index (Phi) is 7.76. The predicted molar refractivity (Wildman–Crippen MR) is 121 cm³/mol. The van der Waals surface area contributed by atoms with Crippen LogP contribution >= 0.6 is 23.2 Å². The number of halogens is 2. The molecule has 7 heteroatoms. The number of ether oxygens (including phenoxy) is 1. The molecule has 0 saturated carbocycles. The minimum absolute atomic E-state index is 0.283. The Morgan fingerprint density at radius 2 is 1.68 bits per heavy atom. The summed E-state index contributed by atoms with van der Waals surface area (Å²) in [6.07, 6.45) is 1.44. The summed E-state index contributed by atoms with van der Waals surface area (Å²) in [6.45, 7) is 5.63. The number of nitrogens with zero attached hydrogens (tertiary/aromatic N) is 1. The van der Waals surface area contributed by atoms with Crippen LogP contribution in [0, 0.1) is 0 Å². The van der Waals surface area contributed by atoms with Crippen molar-refractivity contribution in [3.05, 3.63) is 82.4 Å². The second kappa shape index (κ2) is 10.3. The molecule has 4 atom stereocenters. The van der Waals surface area contributed by atoms with Gasteiger partial charge in [-0.15, -0.1) is 6.58 Å². The van der Waals surface area contributed by atoms with Gasteiger partial charge in [0.2, 0.25) is 0 Å². The molecule has 1 unspecified atom stereocenters. The van der Waals surface area contributed by atoms with Crippen LogP contribution in [0.15, 0.2) is 61.2 Å². The van der Waals surface area contributed by atoms with Crippen LogP contribution < -0.4 is 0 Å². The van der Waals surface area contributed by atoms with Crippen molar-refractivity contribution in [2.45, 2.75) is 50.5 Å². The summed E-state index contributed by atoms with van der Waals surface area (Å²) in [5.41, 5.74) is 1.55. The molecule has 0 aliphatic carbocycles. The highest BCUT2D eigenvalue weighted by Gasteiger charge is 2.47. The second-order valence-electron chi connectivity index (χ2n) is 7.51. The van der Waals surface area contributed by atoms with Crippen LogP contribution in [0.25, 0.3) is 0 Å². The third kappa shape index (κ3) is 5.12. The Morgan fingerprint density at radius 3 is 2.16 bits per heavy atom. The van der Waals surface area contributed by atoms with Gasteiger partial charge in [-0.3, -0.25) is 4.79 Å². The number of morpholine rings is 1. The summed E-state index contributed by atoms with van der Waals surface area (Å²) in [5, 5.41) is 11.1. The molecule has 31 heavy (non-hydrogen) atoms. The number of hydrogen-bond donors (Lipinski definition) is 1. The Morgan fingerprint density at radius 1 is 1.13 bits per heavy atom. The summed E-state index contributed by atoms with van der Waals surface area (Å²) in [7, 11) is 0. The van der Waals surface area contributed by atoms with Crippen molar-refractivity contribution in [1.29, 1.82) is 0 Å². The van der Waals surface area contributed by atoms with E-state index in [1.807, 2.05) is 19.1 Å². The lowest BCUT2D eigenvalue weighted by Gasteiger charge is -2.47. The average Bonchev–Trinajstić information content (AvgIpc) is 2.75. The first-order valence-electron chi connectivity index (χ1n) is 10.2. The summed E-state index contributed by atoms with van der Waals surface area (Å²) in [4.78, 5) is 27.2. The van der Waals surface area contributed by atoms with Gasteiger partial charge in [0.05, 0.1) is 6.04 Å². The maximum Gasteiger partial charge on any atom is 0.326 e. The average molecular weight is 462 g/mol. The van der Waals surface area contributed by atoms with Gasteiger partial charge in [-0.25, -0.2) is 4.79 Å². The molecule has 0 radical (unpaired) electrons. The van der Waals surface area contributed by atoms with Crippen LogP contribution in [-0.2, 0) is 14.3 Å². The fourth-order valence-corrected chi connectivity index (χ4v) is 4.23. The molecule has 5 nitrogen and oxygen atoms in total. The normalized spacial score (nSPS) is 22.2. The molecular weight excluding hydrogens is 437 g/mol. The van der Waals surface area contributed by atoms with Crippen LogP contribution in [0.1, 0.15) is 49.5 Å². The van der Waals surface area contributed by atoms with Gasteiger partial charge in [0.15, 0.2) is 0 Å². The SMILES string of the molecule is C=CC[C@@H]1O[C@@H](c2ccc(Cl)cc2)[C@@H](c2ccc(Cl)cc2)N(C(CCC)C(=O)O)C1=O. The van der Waals surface area contributed by atoms with Gasteiger partial charge < -0.3 is 14.7 Å². The Balaban J connectivity index is 2.18. The molecule has 164 valence electrons. The minimum atomic E-state index is -1.04. The zero-order chi connectivity index (χ0) is 22.5. The van der Waals surface area contributed by atoms with Crippen molar-refractivity contribution in [2.75, 3.05) is 0 Å². The lowest BCUT2D eigenvalue weighted by atomic mass is 9.89. The molecule has 2 aromatic rings. The lowest BCUT2D eigenvalue weighted by Crippen LogP contribution is -2.56. The number of benzene rings is 2. The van der Waals surface area contributed by atoms with Crippen molar-refractivity contribution in [3.8, 4) is 0 Å². The molecule has 1 aliphatic rings. The summed E-state index contributed by atoms with van der Waals surface area (Å²) >= 11 is 12.2. The molecule has 1 fully saturated rings. The molecule has 1 aliphatic heterocycles. The van der Waals surface area contributed by atoms with Crippen molar-refractivity contribution in [1.82, 2.24) is 4.90 Å². The van der Waals surface area contributed by atoms with E-state index in [4.69, 9.17) is 27.9 Å². The molecule has 2 aromatic carbocycles. The van der Waals surface area contributed by atoms with Gasteiger partial charge >= 0.3 is 5.97 Å². The van der Waals surface area contributed by atoms with Crippen LogP contribution in [0.2, 0.25) is 10.0 Å². The van der Waals surface area contributed by atoms with Crippen LogP contribution in [0.3, 0.4) is 0 Å². The maximum absolute atomic E-state index is 13.5. The van der Waals surface area contributed by atoms with E-state index >= 15 is 0 Å². The number of aliphatic carboxylic acids is 1. The van der Waals surface area contributed by atoms with Gasteiger partial charge in [0, 0.05) is 16.5 Å². The number of carboxylic acids is 1. The molecule has 3 rings (SSSR count). The number of amides is 1. The topological polar surface area (TPSA) is 66.8 Å². The highest BCUT2D eigenvalue weighted by atomic mass is 35.5. The maximum atomic E-state index is 13.5. The largest absolute Gasteiger partial charge is 0.480 e. The van der Waals surface area contributed by atoms with E-state index in [1.165, 1.54) is 4.90 Å². The molecule has 1 amide bonds. The Bertz CT molecular complexity index is 930. The smallest absolute Gasteiger partial charge is 0.326 e. The first-order valence-corrected chi connectivity index (χ1v) is 10.9. The van der Waals surface area contributed by atoms with E-state index in [0.29, 0.717) is 22.9 Å². The first kappa shape index (κ1) is 23.3. The zero-order valence-electron chi connectivity index (χ0n) is 17.2. The highest BCUT2D eigenvalue weighted by molar-refractivity contribution is 6.30. The molecule has 1 heterocycles. The third-order valence-electron chi connectivity index (χ3n) is 5.40. The molecule has 0 spiro atoms. The highest BCUT2D eigenvalue weighted by Crippen LogP contribution is 2.44. The molecule has 0 bridgehead atoms. The standard InChI is InChI=1S/C24H25Cl2NO4/c1-3-5-19(24(29)30)27-21(15-7-11-17(25)12-8-15)22(16-9-13-18(26)14-10-16)31-20(6-4-2)23(27)28/h4,7-14,19-22H,2-3,5-6H2,1H3,(H,29,30)/t19?,20-,21+,22-/m0/s1. The van der Waals surface area contributed by atoms with E-state index in [-0.39, 0.29) is 12.3 Å². The predicted octanol–water partition coefficient (Wildman–Crippen LogP) is 5.83. The van der Waals surface area contributed by atoms with Gasteiger partial charge in [-0.05, 0) is 41.8 Å². The van der Waals surface area contributed by atoms with Gasteiger partial charge in [-0.1, -0.05) is 66.9 Å². The van der Waals surface area contributed by atoms with E-state index in [0.717, 1.165) is 11.1 Å². The van der Waals surface area contributed by atoms with Crippen molar-refractivity contribution in [3.63, 3.8) is 0 Å². The summed E-state index contributed by atoms with van der Waals surface area (Å²) in [6, 6.07) is 12.6. The fourth-order valence-electron chi connectivity index (χ4n) is 3.98. The number of carbonyl (C=O) groups is 2. The van der Waals surface area contributed by atoms with Crippen LogP contribution in [-0.4, -0.2) is 34.0 Å². The minimum Gasteiger partial charge on any atom is -0.480 e. The van der Waals surface area contributed by atoms with Crippen molar-refractivity contribution < 1.29 is 19.4 Å². The van der Waals surface area contributed by atoms with Crippen molar-refractivity contribution >= 4 is 35.1 Å². The number of carboxylic acid groups (broad SMARTS) is 1. The molecule has 0 aromatic heterocycles. The first-order chi connectivity index (χ1) is 14.9. The monoisotopic (exact) mass is 461 g/mol. The van der Waals surface area contributed by atoms with Crippen LogP contribution in [0.5, 0.6) is 0 Å². The quantitative estimate of drug-likeness (QED) is 0.501. The number of rotatable bonds is 8. The molecular formula is C24H25Cl2NO4. The Hall–Kier alpha value is -2.34. The van der Waals surface area contributed by atoms with E-state index in [1.54, 1.807) is 42.5 Å². The van der Waals surface area contributed by atoms with E-state index < -0.39 is 30.3 Å². The second-order valence-corrected chi connectivity index (χ2v) is 8.38. The van der Waals surface area contributed by atoms with Gasteiger partial charge in [-0.2, -0.15) is 0 Å². The molecule has 1 saturated heterocycles. The van der Waals surface area contributed by atoms with E-state index in [2.05, 4.69) is 6.58 Å². The summed E-state index contributed by atoms with van der Waals surface area (Å²) in [5.74, 6) is -1.39. The van der Waals surface area contributed by atoms with Crippen LogP contribution in [0.4, 0.5) is 0 Å². The number of hydrogen-bond acceptors (Lipinski definition) is 3. The third-order valence-corrected chi connectivity index (χ3v) is 5.90. The van der Waals surface area contributed by atoms with E-state index in [9.17, 15) is 14.7 Å². The van der Waals surface area contributed by atoms with Gasteiger partial charge in [0.1, 0.15) is 18.2 Å². The molecule has 1 N–H and O–H groups in total.